The predicted molar refractivity (Wildman–Crippen MR) is 98.5 cm³/mol. The number of hydrogen-bond donors (Lipinski definition) is 1. The SMILES string of the molecule is CCC1CCC(NC(=O)c2cccc(OCc3cccnc3)c2)CC1. The molecule has 0 radical (unpaired) electrons. The summed E-state index contributed by atoms with van der Waals surface area (Å²) in [5, 5.41) is 3.18. The monoisotopic (exact) mass is 338 g/mol. The van der Waals surface area contributed by atoms with Gasteiger partial charge in [-0.25, -0.2) is 0 Å². The molecular weight excluding hydrogens is 312 g/mol. The van der Waals surface area contributed by atoms with Gasteiger partial charge in [-0.1, -0.05) is 25.5 Å². The van der Waals surface area contributed by atoms with Crippen molar-refractivity contribution in [2.75, 3.05) is 0 Å². The molecule has 0 bridgehead atoms. The number of carbonyl (C=O) groups is 1. The number of benzene rings is 1. The van der Waals surface area contributed by atoms with Crippen molar-refractivity contribution in [3.63, 3.8) is 0 Å². The van der Waals surface area contributed by atoms with Crippen LogP contribution in [0.5, 0.6) is 5.75 Å². The van der Waals surface area contributed by atoms with Crippen LogP contribution in [0.2, 0.25) is 0 Å². The third-order valence-electron chi connectivity index (χ3n) is 4.98. The van der Waals surface area contributed by atoms with Gasteiger partial charge in [0.25, 0.3) is 5.91 Å². The van der Waals surface area contributed by atoms with Crippen LogP contribution in [0.15, 0.2) is 48.8 Å². The number of carbonyl (C=O) groups excluding carboxylic acids is 1. The molecule has 0 atom stereocenters. The van der Waals surface area contributed by atoms with E-state index in [0.29, 0.717) is 24.0 Å². The third-order valence-corrected chi connectivity index (χ3v) is 4.98. The van der Waals surface area contributed by atoms with Crippen LogP contribution < -0.4 is 10.1 Å². The molecule has 1 aliphatic rings. The lowest BCUT2D eigenvalue weighted by atomic mass is 9.84. The molecule has 3 rings (SSSR count). The van der Waals surface area contributed by atoms with E-state index in [1.165, 1.54) is 19.3 Å². The molecule has 1 heterocycles. The fourth-order valence-electron chi connectivity index (χ4n) is 3.36. The fourth-order valence-corrected chi connectivity index (χ4v) is 3.36. The molecule has 0 unspecified atom stereocenters. The zero-order chi connectivity index (χ0) is 17.5. The van der Waals surface area contributed by atoms with Crippen molar-refractivity contribution in [1.29, 1.82) is 0 Å². The van der Waals surface area contributed by atoms with Gasteiger partial charge in [0.1, 0.15) is 12.4 Å². The number of nitrogens with zero attached hydrogens (tertiary/aromatic N) is 1. The summed E-state index contributed by atoms with van der Waals surface area (Å²) in [5.41, 5.74) is 1.66. The summed E-state index contributed by atoms with van der Waals surface area (Å²) < 4.78 is 5.78. The Labute approximate surface area is 149 Å². The fraction of sp³-hybridized carbons (Fsp3) is 0.429. The molecule has 1 saturated carbocycles. The Balaban J connectivity index is 1.54. The lowest BCUT2D eigenvalue weighted by Gasteiger charge is -2.28. The smallest absolute Gasteiger partial charge is 0.251 e. The van der Waals surface area contributed by atoms with Crippen molar-refractivity contribution in [3.05, 3.63) is 59.9 Å². The van der Waals surface area contributed by atoms with E-state index in [1.807, 2.05) is 36.4 Å². The highest BCUT2D eigenvalue weighted by atomic mass is 16.5. The summed E-state index contributed by atoms with van der Waals surface area (Å²) >= 11 is 0. The molecule has 1 amide bonds. The van der Waals surface area contributed by atoms with Gasteiger partial charge in [0, 0.05) is 29.6 Å². The first-order valence-corrected chi connectivity index (χ1v) is 9.17. The first-order chi connectivity index (χ1) is 12.2. The average Bonchev–Trinajstić information content (AvgIpc) is 2.68. The van der Waals surface area contributed by atoms with Crippen LogP contribution in [0.4, 0.5) is 0 Å². The summed E-state index contributed by atoms with van der Waals surface area (Å²) in [7, 11) is 0. The van der Waals surface area contributed by atoms with Crippen LogP contribution >= 0.6 is 0 Å². The Hall–Kier alpha value is -2.36. The van der Waals surface area contributed by atoms with Crippen molar-refractivity contribution in [1.82, 2.24) is 10.3 Å². The van der Waals surface area contributed by atoms with E-state index in [-0.39, 0.29) is 5.91 Å². The molecular formula is C21H26N2O2. The van der Waals surface area contributed by atoms with E-state index in [0.717, 1.165) is 24.3 Å². The lowest BCUT2D eigenvalue weighted by Crippen LogP contribution is -2.37. The molecule has 132 valence electrons. The summed E-state index contributed by atoms with van der Waals surface area (Å²) in [6, 6.07) is 11.5. The second-order valence-electron chi connectivity index (χ2n) is 6.78. The number of rotatable bonds is 6. The molecule has 1 aromatic heterocycles. The van der Waals surface area contributed by atoms with Crippen molar-refractivity contribution < 1.29 is 9.53 Å². The molecule has 0 aliphatic heterocycles. The summed E-state index contributed by atoms with van der Waals surface area (Å²) in [6.07, 6.45) is 9.37. The third kappa shape index (κ3) is 5.05. The molecule has 1 aliphatic carbocycles. The second-order valence-corrected chi connectivity index (χ2v) is 6.78. The van der Waals surface area contributed by atoms with Gasteiger partial charge < -0.3 is 10.1 Å². The first kappa shape index (κ1) is 17.5. The van der Waals surface area contributed by atoms with E-state index >= 15 is 0 Å². The Morgan fingerprint density at radius 1 is 1.20 bits per heavy atom. The predicted octanol–water partition coefficient (Wildman–Crippen LogP) is 4.36. The summed E-state index contributed by atoms with van der Waals surface area (Å²) in [4.78, 5) is 16.6. The Bertz CT molecular complexity index is 679. The Morgan fingerprint density at radius 3 is 2.76 bits per heavy atom. The van der Waals surface area contributed by atoms with Gasteiger partial charge in [0.2, 0.25) is 0 Å². The zero-order valence-electron chi connectivity index (χ0n) is 14.8. The van der Waals surface area contributed by atoms with Crippen LogP contribution in [-0.2, 0) is 6.61 Å². The highest BCUT2D eigenvalue weighted by molar-refractivity contribution is 5.94. The van der Waals surface area contributed by atoms with E-state index in [1.54, 1.807) is 12.4 Å². The van der Waals surface area contributed by atoms with Crippen LogP contribution in [0.1, 0.15) is 54.9 Å². The number of hydrogen-bond acceptors (Lipinski definition) is 3. The highest BCUT2D eigenvalue weighted by Gasteiger charge is 2.21. The van der Waals surface area contributed by atoms with Gasteiger partial charge in [-0.15, -0.1) is 0 Å². The highest BCUT2D eigenvalue weighted by Crippen LogP contribution is 2.26. The number of ether oxygens (including phenoxy) is 1. The normalized spacial score (nSPS) is 20.0. The van der Waals surface area contributed by atoms with E-state index < -0.39 is 0 Å². The minimum atomic E-state index is -0.00761. The molecule has 25 heavy (non-hydrogen) atoms. The van der Waals surface area contributed by atoms with Gasteiger partial charge in [-0.05, 0) is 55.9 Å². The Morgan fingerprint density at radius 2 is 2.04 bits per heavy atom. The quantitative estimate of drug-likeness (QED) is 0.851. The van der Waals surface area contributed by atoms with E-state index in [9.17, 15) is 4.79 Å². The maximum Gasteiger partial charge on any atom is 0.251 e. The lowest BCUT2D eigenvalue weighted by molar-refractivity contribution is 0.0921. The number of nitrogens with one attached hydrogen (secondary N) is 1. The van der Waals surface area contributed by atoms with Crippen molar-refractivity contribution in [3.8, 4) is 5.75 Å². The van der Waals surface area contributed by atoms with Crippen molar-refractivity contribution >= 4 is 5.91 Å². The van der Waals surface area contributed by atoms with E-state index in [2.05, 4.69) is 17.2 Å². The number of aromatic nitrogens is 1. The second kappa shape index (κ2) is 8.65. The van der Waals surface area contributed by atoms with Crippen molar-refractivity contribution in [2.45, 2.75) is 51.7 Å². The number of amides is 1. The van der Waals surface area contributed by atoms with Gasteiger partial charge in [0.05, 0.1) is 0 Å². The molecule has 1 aromatic carbocycles. The van der Waals surface area contributed by atoms with Crippen LogP contribution in [0.25, 0.3) is 0 Å². The zero-order valence-corrected chi connectivity index (χ0v) is 14.8. The largest absolute Gasteiger partial charge is 0.489 e. The van der Waals surface area contributed by atoms with Crippen LogP contribution in [0, 0.1) is 5.92 Å². The molecule has 1 N–H and O–H groups in total. The average molecular weight is 338 g/mol. The summed E-state index contributed by atoms with van der Waals surface area (Å²) in [5.74, 6) is 1.52. The van der Waals surface area contributed by atoms with Gasteiger partial charge in [0.15, 0.2) is 0 Å². The van der Waals surface area contributed by atoms with Crippen molar-refractivity contribution in [2.24, 2.45) is 5.92 Å². The van der Waals surface area contributed by atoms with Gasteiger partial charge in [-0.3, -0.25) is 9.78 Å². The summed E-state index contributed by atoms with van der Waals surface area (Å²) in [6.45, 7) is 2.69. The molecule has 4 nitrogen and oxygen atoms in total. The van der Waals surface area contributed by atoms with E-state index in [4.69, 9.17) is 4.74 Å². The Kier molecular flexibility index (Phi) is 6.04. The number of pyridine rings is 1. The maximum atomic E-state index is 12.5. The minimum Gasteiger partial charge on any atom is -0.489 e. The van der Waals surface area contributed by atoms with Gasteiger partial charge in [-0.2, -0.15) is 0 Å². The molecule has 0 spiro atoms. The maximum absolute atomic E-state index is 12.5. The molecule has 2 aromatic rings. The molecule has 4 heteroatoms. The molecule has 0 saturated heterocycles. The van der Waals surface area contributed by atoms with Gasteiger partial charge >= 0.3 is 0 Å². The minimum absolute atomic E-state index is 0.00761. The van der Waals surface area contributed by atoms with Crippen LogP contribution in [0.3, 0.4) is 0 Å². The standard InChI is InChI=1S/C21H26N2O2/c1-2-16-8-10-19(11-9-16)23-21(24)18-6-3-7-20(13-18)25-15-17-5-4-12-22-14-17/h3-7,12-14,16,19H,2,8-11,15H2,1H3,(H,23,24). The van der Waals surface area contributed by atoms with Crippen LogP contribution in [-0.4, -0.2) is 16.9 Å². The molecule has 1 fully saturated rings. The first-order valence-electron chi connectivity index (χ1n) is 9.17. The topological polar surface area (TPSA) is 51.2 Å².